The second-order valence-corrected chi connectivity index (χ2v) is 4.66. The summed E-state index contributed by atoms with van der Waals surface area (Å²) in [6, 6.07) is 9.78. The number of hydrogen-bond acceptors (Lipinski definition) is 3. The topological polar surface area (TPSA) is 50.4 Å². The van der Waals surface area contributed by atoms with Gasteiger partial charge in [0, 0.05) is 11.6 Å². The SMILES string of the molecule is O=c1cc(-c2ccc(O)cc2)oc2c(Cl)ccc(F)c12. The summed E-state index contributed by atoms with van der Waals surface area (Å²) in [4.78, 5) is 12.0. The Kier molecular flexibility index (Phi) is 2.95. The molecular weight excluding hydrogens is 283 g/mol. The van der Waals surface area contributed by atoms with E-state index < -0.39 is 11.2 Å². The van der Waals surface area contributed by atoms with Crippen LogP contribution in [0.3, 0.4) is 0 Å². The lowest BCUT2D eigenvalue weighted by molar-refractivity contribution is 0.475. The summed E-state index contributed by atoms with van der Waals surface area (Å²) in [7, 11) is 0. The molecule has 0 saturated heterocycles. The fourth-order valence-electron chi connectivity index (χ4n) is 1.96. The summed E-state index contributed by atoms with van der Waals surface area (Å²) < 4.78 is 19.2. The van der Waals surface area contributed by atoms with Gasteiger partial charge in [-0.15, -0.1) is 0 Å². The Morgan fingerprint density at radius 2 is 1.80 bits per heavy atom. The van der Waals surface area contributed by atoms with Crippen LogP contribution in [0.1, 0.15) is 0 Å². The van der Waals surface area contributed by atoms with Crippen LogP contribution in [0.4, 0.5) is 4.39 Å². The third kappa shape index (κ3) is 2.04. The smallest absolute Gasteiger partial charge is 0.196 e. The number of benzene rings is 2. The highest BCUT2D eigenvalue weighted by atomic mass is 35.5. The molecule has 0 saturated carbocycles. The molecule has 0 bridgehead atoms. The van der Waals surface area contributed by atoms with Crippen molar-refractivity contribution in [3.05, 3.63) is 63.5 Å². The van der Waals surface area contributed by atoms with Crippen LogP contribution >= 0.6 is 11.6 Å². The molecule has 0 amide bonds. The molecule has 100 valence electrons. The molecular formula is C15H8ClFO3. The molecule has 5 heteroatoms. The predicted molar refractivity (Wildman–Crippen MR) is 74.6 cm³/mol. The molecule has 0 aliphatic heterocycles. The average Bonchev–Trinajstić information content (AvgIpc) is 2.43. The van der Waals surface area contributed by atoms with E-state index in [4.69, 9.17) is 16.0 Å². The van der Waals surface area contributed by atoms with Gasteiger partial charge in [0.15, 0.2) is 11.0 Å². The standard InChI is InChI=1S/C15H8ClFO3/c16-10-5-6-11(17)14-12(19)7-13(20-15(10)14)8-1-3-9(18)4-2-8/h1-7,18H. The molecule has 0 radical (unpaired) electrons. The molecule has 0 fully saturated rings. The van der Waals surface area contributed by atoms with Crippen molar-refractivity contribution >= 4 is 22.6 Å². The van der Waals surface area contributed by atoms with Gasteiger partial charge in [0.25, 0.3) is 0 Å². The third-order valence-electron chi connectivity index (χ3n) is 2.93. The highest BCUT2D eigenvalue weighted by Crippen LogP contribution is 2.28. The Hall–Kier alpha value is -2.33. The summed E-state index contributed by atoms with van der Waals surface area (Å²) in [6.07, 6.45) is 0. The van der Waals surface area contributed by atoms with Crippen molar-refractivity contribution in [2.75, 3.05) is 0 Å². The molecule has 0 unspecified atom stereocenters. The van der Waals surface area contributed by atoms with Crippen molar-refractivity contribution in [2.45, 2.75) is 0 Å². The maximum Gasteiger partial charge on any atom is 0.196 e. The van der Waals surface area contributed by atoms with Crippen LogP contribution in [0.5, 0.6) is 5.75 Å². The highest BCUT2D eigenvalue weighted by molar-refractivity contribution is 6.34. The van der Waals surface area contributed by atoms with Crippen LogP contribution < -0.4 is 5.43 Å². The van der Waals surface area contributed by atoms with Crippen molar-refractivity contribution in [3.63, 3.8) is 0 Å². The lowest BCUT2D eigenvalue weighted by atomic mass is 10.1. The lowest BCUT2D eigenvalue weighted by Gasteiger charge is -2.05. The summed E-state index contributed by atoms with van der Waals surface area (Å²) in [5.41, 5.74) is 0.0960. The number of phenolic OH excluding ortho intramolecular Hbond substituents is 1. The van der Waals surface area contributed by atoms with Gasteiger partial charge in [-0.3, -0.25) is 4.79 Å². The monoisotopic (exact) mass is 290 g/mol. The number of fused-ring (bicyclic) bond motifs is 1. The fraction of sp³-hybridized carbons (Fsp3) is 0. The molecule has 3 aromatic rings. The molecule has 0 spiro atoms. The first kappa shape index (κ1) is 12.7. The molecule has 0 aliphatic carbocycles. The second kappa shape index (κ2) is 4.65. The molecule has 0 atom stereocenters. The summed E-state index contributed by atoms with van der Waals surface area (Å²) in [5.74, 6) is -0.314. The van der Waals surface area contributed by atoms with E-state index in [0.717, 1.165) is 6.07 Å². The molecule has 3 rings (SSSR count). The van der Waals surface area contributed by atoms with E-state index >= 15 is 0 Å². The van der Waals surface area contributed by atoms with Crippen molar-refractivity contribution in [3.8, 4) is 17.1 Å². The van der Waals surface area contributed by atoms with E-state index in [-0.39, 0.29) is 27.5 Å². The van der Waals surface area contributed by atoms with Gasteiger partial charge in [-0.2, -0.15) is 0 Å². The van der Waals surface area contributed by atoms with E-state index in [1.807, 2.05) is 0 Å². The van der Waals surface area contributed by atoms with Crippen LogP contribution in [0.15, 0.2) is 51.7 Å². The minimum Gasteiger partial charge on any atom is -0.508 e. The van der Waals surface area contributed by atoms with E-state index in [1.54, 1.807) is 12.1 Å². The van der Waals surface area contributed by atoms with Crippen LogP contribution in [0.2, 0.25) is 5.02 Å². The van der Waals surface area contributed by atoms with Crippen LogP contribution in [-0.2, 0) is 0 Å². The maximum atomic E-state index is 13.7. The Labute approximate surface area is 117 Å². The van der Waals surface area contributed by atoms with Crippen molar-refractivity contribution in [1.82, 2.24) is 0 Å². The Morgan fingerprint density at radius 3 is 2.50 bits per heavy atom. The van der Waals surface area contributed by atoms with E-state index in [9.17, 15) is 14.3 Å². The van der Waals surface area contributed by atoms with E-state index in [1.165, 1.54) is 24.3 Å². The molecule has 2 aromatic carbocycles. The third-order valence-corrected chi connectivity index (χ3v) is 3.23. The summed E-state index contributed by atoms with van der Waals surface area (Å²) >= 11 is 5.95. The Balaban J connectivity index is 2.32. The highest BCUT2D eigenvalue weighted by Gasteiger charge is 2.13. The van der Waals surface area contributed by atoms with Gasteiger partial charge < -0.3 is 9.52 Å². The van der Waals surface area contributed by atoms with Gasteiger partial charge in [-0.05, 0) is 36.4 Å². The Bertz CT molecular complexity index is 853. The van der Waals surface area contributed by atoms with E-state index in [0.29, 0.717) is 5.56 Å². The van der Waals surface area contributed by atoms with Gasteiger partial charge in [0.1, 0.15) is 22.7 Å². The Morgan fingerprint density at radius 1 is 1.10 bits per heavy atom. The molecule has 1 N–H and O–H groups in total. The summed E-state index contributed by atoms with van der Waals surface area (Å²) in [6.45, 7) is 0. The van der Waals surface area contributed by atoms with Crippen molar-refractivity contribution < 1.29 is 13.9 Å². The first-order valence-corrected chi connectivity index (χ1v) is 6.15. The minimum atomic E-state index is -0.671. The zero-order valence-electron chi connectivity index (χ0n) is 10.1. The average molecular weight is 291 g/mol. The second-order valence-electron chi connectivity index (χ2n) is 4.26. The maximum absolute atomic E-state index is 13.7. The van der Waals surface area contributed by atoms with Gasteiger partial charge >= 0.3 is 0 Å². The zero-order chi connectivity index (χ0) is 14.3. The minimum absolute atomic E-state index is 0.0160. The fourth-order valence-corrected chi connectivity index (χ4v) is 2.16. The molecule has 20 heavy (non-hydrogen) atoms. The number of aromatic hydroxyl groups is 1. The largest absolute Gasteiger partial charge is 0.508 e. The molecule has 0 aliphatic rings. The number of rotatable bonds is 1. The van der Waals surface area contributed by atoms with Crippen molar-refractivity contribution in [1.29, 1.82) is 0 Å². The number of halogens is 2. The number of phenols is 1. The summed E-state index contributed by atoms with van der Waals surface area (Å²) in [5, 5.41) is 9.25. The van der Waals surface area contributed by atoms with Gasteiger partial charge in [0.2, 0.25) is 0 Å². The molecule has 3 nitrogen and oxygen atoms in total. The molecule has 1 heterocycles. The molecule has 1 aromatic heterocycles. The van der Waals surface area contributed by atoms with Gasteiger partial charge in [-0.1, -0.05) is 11.6 Å². The van der Waals surface area contributed by atoms with Crippen LogP contribution in [0, 0.1) is 5.82 Å². The van der Waals surface area contributed by atoms with Gasteiger partial charge in [0.05, 0.1) is 5.02 Å². The van der Waals surface area contributed by atoms with E-state index in [2.05, 4.69) is 0 Å². The first-order valence-electron chi connectivity index (χ1n) is 5.77. The van der Waals surface area contributed by atoms with Gasteiger partial charge in [-0.25, -0.2) is 4.39 Å². The van der Waals surface area contributed by atoms with Crippen LogP contribution in [0.25, 0.3) is 22.3 Å². The van der Waals surface area contributed by atoms with Crippen molar-refractivity contribution in [2.24, 2.45) is 0 Å². The quantitative estimate of drug-likeness (QED) is 0.738. The normalized spacial score (nSPS) is 10.9. The first-order chi connectivity index (χ1) is 9.56. The zero-order valence-corrected chi connectivity index (χ0v) is 10.8. The lowest BCUT2D eigenvalue weighted by Crippen LogP contribution is -2.03. The number of hydrogen-bond donors (Lipinski definition) is 1. The predicted octanol–water partition coefficient (Wildman–Crippen LogP) is 3.96. The van der Waals surface area contributed by atoms with Crippen LogP contribution in [-0.4, -0.2) is 5.11 Å².